The van der Waals surface area contributed by atoms with E-state index in [1.165, 1.54) is 24.2 Å². The van der Waals surface area contributed by atoms with Crippen molar-refractivity contribution in [1.82, 2.24) is 5.32 Å². The molecule has 2 rings (SSSR count). The molecular weight excluding hydrogens is 272 g/mol. The fourth-order valence-electron chi connectivity index (χ4n) is 2.85. The van der Waals surface area contributed by atoms with Gasteiger partial charge in [0.2, 0.25) is 0 Å². The van der Waals surface area contributed by atoms with Gasteiger partial charge in [-0.2, -0.15) is 0 Å². The first-order valence-corrected chi connectivity index (χ1v) is 7.83. The van der Waals surface area contributed by atoms with Crippen LogP contribution in [0.25, 0.3) is 0 Å². The number of likely N-dealkylation sites (tertiary alicyclic amines) is 1. The van der Waals surface area contributed by atoms with Gasteiger partial charge < -0.3 is 10.2 Å². The molecule has 0 radical (unpaired) electrons. The molecular formula is C16H24ClN2O+. The molecule has 2 N–H and O–H groups in total. The molecule has 3 nitrogen and oxygen atoms in total. The van der Waals surface area contributed by atoms with Crippen molar-refractivity contribution in [2.45, 2.75) is 45.2 Å². The van der Waals surface area contributed by atoms with E-state index in [1.54, 1.807) is 0 Å². The zero-order chi connectivity index (χ0) is 14.5. The summed E-state index contributed by atoms with van der Waals surface area (Å²) in [7, 11) is 0. The molecule has 1 aromatic carbocycles. The Hall–Kier alpha value is -1.06. The van der Waals surface area contributed by atoms with Crippen LogP contribution in [0.1, 0.15) is 44.7 Å². The SMILES string of the molecule is C[C@H](NC(=O)C[NH+]1CCCC[C@@H]1C)c1ccc(Cl)cc1. The van der Waals surface area contributed by atoms with Crippen molar-refractivity contribution < 1.29 is 9.69 Å². The lowest BCUT2D eigenvalue weighted by atomic mass is 10.0. The van der Waals surface area contributed by atoms with E-state index in [2.05, 4.69) is 12.2 Å². The summed E-state index contributed by atoms with van der Waals surface area (Å²) in [5.41, 5.74) is 1.09. The number of amides is 1. The Morgan fingerprint density at radius 2 is 2.10 bits per heavy atom. The number of halogens is 1. The summed E-state index contributed by atoms with van der Waals surface area (Å²) in [4.78, 5) is 13.6. The predicted molar refractivity (Wildman–Crippen MR) is 82.0 cm³/mol. The van der Waals surface area contributed by atoms with Crippen molar-refractivity contribution in [2.24, 2.45) is 0 Å². The summed E-state index contributed by atoms with van der Waals surface area (Å²) in [6, 6.07) is 8.27. The Labute approximate surface area is 126 Å². The number of rotatable bonds is 4. The lowest BCUT2D eigenvalue weighted by Gasteiger charge is -2.30. The van der Waals surface area contributed by atoms with Gasteiger partial charge in [-0.1, -0.05) is 23.7 Å². The van der Waals surface area contributed by atoms with Crippen LogP contribution in [-0.4, -0.2) is 25.0 Å². The van der Waals surface area contributed by atoms with Crippen LogP contribution < -0.4 is 10.2 Å². The molecule has 0 bridgehead atoms. The van der Waals surface area contributed by atoms with Crippen LogP contribution in [-0.2, 0) is 4.79 Å². The summed E-state index contributed by atoms with van der Waals surface area (Å²) in [5.74, 6) is 0.135. The summed E-state index contributed by atoms with van der Waals surface area (Å²) < 4.78 is 0. The van der Waals surface area contributed by atoms with Gasteiger partial charge in [0.15, 0.2) is 6.54 Å². The summed E-state index contributed by atoms with van der Waals surface area (Å²) in [6.45, 7) is 5.95. The van der Waals surface area contributed by atoms with E-state index < -0.39 is 0 Å². The highest BCUT2D eigenvalue weighted by molar-refractivity contribution is 6.30. The normalized spacial score (nSPS) is 24.1. The second kappa shape index (κ2) is 7.09. The molecule has 20 heavy (non-hydrogen) atoms. The fourth-order valence-corrected chi connectivity index (χ4v) is 2.98. The van der Waals surface area contributed by atoms with Crippen molar-refractivity contribution in [3.63, 3.8) is 0 Å². The first-order chi connectivity index (χ1) is 9.56. The van der Waals surface area contributed by atoms with Crippen molar-refractivity contribution in [1.29, 1.82) is 0 Å². The van der Waals surface area contributed by atoms with Crippen LogP contribution in [0.3, 0.4) is 0 Å². The third kappa shape index (κ3) is 4.22. The van der Waals surface area contributed by atoms with E-state index in [0.717, 1.165) is 17.1 Å². The summed E-state index contributed by atoms with van der Waals surface area (Å²) in [5, 5.41) is 3.80. The number of carbonyl (C=O) groups excluding carboxylic acids is 1. The molecule has 1 fully saturated rings. The number of carbonyl (C=O) groups is 1. The highest BCUT2D eigenvalue weighted by Gasteiger charge is 2.24. The zero-order valence-corrected chi connectivity index (χ0v) is 13.0. The van der Waals surface area contributed by atoms with Crippen LogP contribution in [0.2, 0.25) is 5.02 Å². The minimum atomic E-state index is 0.0271. The molecule has 0 aliphatic carbocycles. The highest BCUT2D eigenvalue weighted by atomic mass is 35.5. The Kier molecular flexibility index (Phi) is 5.44. The molecule has 1 amide bonds. The molecule has 1 aromatic rings. The standard InChI is InChI=1S/C16H23ClN2O/c1-12-5-3-4-10-19(12)11-16(20)18-13(2)14-6-8-15(17)9-7-14/h6-9,12-13H,3-5,10-11H2,1-2H3,(H,18,20)/p+1/t12-,13-/m0/s1. The quantitative estimate of drug-likeness (QED) is 0.875. The maximum atomic E-state index is 12.1. The highest BCUT2D eigenvalue weighted by Crippen LogP contribution is 2.15. The van der Waals surface area contributed by atoms with Crippen LogP contribution in [0.5, 0.6) is 0 Å². The Morgan fingerprint density at radius 1 is 1.40 bits per heavy atom. The molecule has 0 spiro atoms. The molecule has 1 heterocycles. The van der Waals surface area contributed by atoms with Gasteiger partial charge in [-0.05, 0) is 50.8 Å². The first-order valence-electron chi connectivity index (χ1n) is 7.45. The van der Waals surface area contributed by atoms with Gasteiger partial charge >= 0.3 is 0 Å². The third-order valence-electron chi connectivity index (χ3n) is 4.22. The van der Waals surface area contributed by atoms with E-state index in [1.807, 2.05) is 31.2 Å². The Balaban J connectivity index is 1.85. The number of benzene rings is 1. The van der Waals surface area contributed by atoms with E-state index in [0.29, 0.717) is 12.6 Å². The second-order valence-electron chi connectivity index (χ2n) is 5.82. The molecule has 0 saturated carbocycles. The number of piperidine rings is 1. The molecule has 3 atom stereocenters. The number of quaternary nitrogens is 1. The average molecular weight is 296 g/mol. The van der Waals surface area contributed by atoms with Crippen LogP contribution in [0.4, 0.5) is 0 Å². The second-order valence-corrected chi connectivity index (χ2v) is 6.26. The third-order valence-corrected chi connectivity index (χ3v) is 4.47. The largest absolute Gasteiger partial charge is 0.345 e. The molecule has 1 aliphatic rings. The predicted octanol–water partition coefficient (Wildman–Crippen LogP) is 1.97. The van der Waals surface area contributed by atoms with E-state index in [4.69, 9.17) is 11.6 Å². The monoisotopic (exact) mass is 295 g/mol. The van der Waals surface area contributed by atoms with Crippen molar-refractivity contribution >= 4 is 17.5 Å². The molecule has 110 valence electrons. The van der Waals surface area contributed by atoms with Gasteiger partial charge in [-0.3, -0.25) is 4.79 Å². The topological polar surface area (TPSA) is 33.5 Å². The lowest BCUT2D eigenvalue weighted by Crippen LogP contribution is -3.17. The lowest BCUT2D eigenvalue weighted by molar-refractivity contribution is -0.921. The van der Waals surface area contributed by atoms with E-state index in [-0.39, 0.29) is 11.9 Å². The van der Waals surface area contributed by atoms with Crippen LogP contribution in [0, 0.1) is 0 Å². The van der Waals surface area contributed by atoms with Crippen LogP contribution >= 0.6 is 11.6 Å². The number of hydrogen-bond acceptors (Lipinski definition) is 1. The Morgan fingerprint density at radius 3 is 2.75 bits per heavy atom. The van der Waals surface area contributed by atoms with E-state index >= 15 is 0 Å². The average Bonchev–Trinajstić information content (AvgIpc) is 2.42. The molecule has 1 saturated heterocycles. The van der Waals surface area contributed by atoms with Gasteiger partial charge in [0.1, 0.15) is 0 Å². The number of nitrogens with one attached hydrogen (secondary N) is 2. The van der Waals surface area contributed by atoms with Crippen molar-refractivity contribution in [3.05, 3.63) is 34.9 Å². The van der Waals surface area contributed by atoms with Gasteiger partial charge in [-0.15, -0.1) is 0 Å². The maximum absolute atomic E-state index is 12.1. The molecule has 4 heteroatoms. The minimum Gasteiger partial charge on any atom is -0.345 e. The maximum Gasteiger partial charge on any atom is 0.275 e. The van der Waals surface area contributed by atoms with Gasteiger partial charge in [0, 0.05) is 5.02 Å². The molecule has 1 unspecified atom stereocenters. The van der Waals surface area contributed by atoms with E-state index in [9.17, 15) is 4.79 Å². The first kappa shape index (κ1) is 15.3. The fraction of sp³-hybridized carbons (Fsp3) is 0.562. The van der Waals surface area contributed by atoms with Gasteiger partial charge in [0.05, 0.1) is 18.6 Å². The summed E-state index contributed by atoms with van der Waals surface area (Å²) >= 11 is 5.88. The number of hydrogen-bond donors (Lipinski definition) is 2. The van der Waals surface area contributed by atoms with Crippen molar-refractivity contribution in [3.8, 4) is 0 Å². The Bertz CT molecular complexity index is 446. The zero-order valence-electron chi connectivity index (χ0n) is 12.3. The molecule has 1 aliphatic heterocycles. The summed E-state index contributed by atoms with van der Waals surface area (Å²) in [6.07, 6.45) is 3.77. The smallest absolute Gasteiger partial charge is 0.275 e. The minimum absolute atomic E-state index is 0.0271. The van der Waals surface area contributed by atoms with Crippen molar-refractivity contribution in [2.75, 3.05) is 13.1 Å². The van der Waals surface area contributed by atoms with Gasteiger partial charge in [0.25, 0.3) is 5.91 Å². The molecule has 0 aromatic heterocycles. The van der Waals surface area contributed by atoms with Crippen LogP contribution in [0.15, 0.2) is 24.3 Å². The van der Waals surface area contributed by atoms with Gasteiger partial charge in [-0.25, -0.2) is 0 Å².